The molecule has 26 heavy (non-hydrogen) atoms. The summed E-state index contributed by atoms with van der Waals surface area (Å²) in [4.78, 5) is 11.7. The second-order valence-electron chi connectivity index (χ2n) is 5.99. The Hall–Kier alpha value is -2.87. The average molecular weight is 376 g/mol. The molecule has 1 aliphatic heterocycles. The van der Waals surface area contributed by atoms with E-state index >= 15 is 0 Å². The number of methoxy groups -OCH3 is 1. The lowest BCUT2D eigenvalue weighted by molar-refractivity contribution is -0.110. The van der Waals surface area contributed by atoms with Crippen molar-refractivity contribution in [2.45, 2.75) is 18.7 Å². The van der Waals surface area contributed by atoms with E-state index in [1.807, 2.05) is 0 Å². The maximum absolute atomic E-state index is 13.5. The third kappa shape index (κ3) is 3.15. The van der Waals surface area contributed by atoms with Gasteiger partial charge in [0.25, 0.3) is 15.9 Å². The fourth-order valence-electron chi connectivity index (χ4n) is 2.80. The van der Waals surface area contributed by atoms with Gasteiger partial charge in [-0.05, 0) is 50.2 Å². The number of rotatable bonds is 4. The topological polar surface area (TPSA) is 84.5 Å². The molecule has 0 radical (unpaired) electrons. The van der Waals surface area contributed by atoms with E-state index in [0.29, 0.717) is 16.8 Å². The second-order valence-corrected chi connectivity index (χ2v) is 7.64. The number of hydrogen-bond donors (Lipinski definition) is 2. The highest BCUT2D eigenvalue weighted by molar-refractivity contribution is 7.92. The molecule has 0 spiro atoms. The summed E-state index contributed by atoms with van der Waals surface area (Å²) in [5.74, 6) is -0.893. The molecule has 1 heterocycles. The molecule has 0 atom stereocenters. The number of hydrogen-bond acceptors (Lipinski definition) is 4. The maximum Gasteiger partial charge on any atom is 0.265 e. The predicted octanol–water partition coefficient (Wildman–Crippen LogP) is 3.38. The minimum Gasteiger partial charge on any atom is -0.495 e. The van der Waals surface area contributed by atoms with Gasteiger partial charge in [-0.1, -0.05) is 5.57 Å². The molecule has 2 aromatic rings. The van der Waals surface area contributed by atoms with Gasteiger partial charge in [-0.3, -0.25) is 9.52 Å². The first kappa shape index (κ1) is 17.9. The van der Waals surface area contributed by atoms with E-state index in [1.54, 1.807) is 26.0 Å². The van der Waals surface area contributed by atoms with E-state index in [2.05, 4.69) is 10.0 Å². The Labute approximate surface area is 150 Å². The van der Waals surface area contributed by atoms with Gasteiger partial charge >= 0.3 is 0 Å². The largest absolute Gasteiger partial charge is 0.495 e. The predicted molar refractivity (Wildman–Crippen MR) is 97.1 cm³/mol. The van der Waals surface area contributed by atoms with Crippen LogP contribution < -0.4 is 14.8 Å². The lowest BCUT2D eigenvalue weighted by atomic mass is 10.0. The van der Waals surface area contributed by atoms with Crippen LogP contribution in [0, 0.1) is 5.82 Å². The zero-order valence-electron chi connectivity index (χ0n) is 14.4. The van der Waals surface area contributed by atoms with Crippen molar-refractivity contribution < 1.29 is 22.3 Å². The Morgan fingerprint density at radius 3 is 2.54 bits per heavy atom. The van der Waals surface area contributed by atoms with Crippen LogP contribution >= 0.6 is 0 Å². The van der Waals surface area contributed by atoms with E-state index in [4.69, 9.17) is 4.74 Å². The van der Waals surface area contributed by atoms with Gasteiger partial charge in [0.15, 0.2) is 0 Å². The van der Waals surface area contributed by atoms with Crippen LogP contribution in [0.25, 0.3) is 5.57 Å². The van der Waals surface area contributed by atoms with E-state index in [0.717, 1.165) is 17.7 Å². The molecule has 3 rings (SSSR count). The Kier molecular flexibility index (Phi) is 4.45. The number of halogens is 1. The number of amides is 1. The van der Waals surface area contributed by atoms with Gasteiger partial charge in [0, 0.05) is 22.5 Å². The molecule has 0 bridgehead atoms. The molecule has 0 aromatic heterocycles. The minimum absolute atomic E-state index is 0.0295. The summed E-state index contributed by atoms with van der Waals surface area (Å²) in [6.45, 7) is 3.61. The van der Waals surface area contributed by atoms with Gasteiger partial charge in [-0.15, -0.1) is 0 Å². The molecular weight excluding hydrogens is 359 g/mol. The second kappa shape index (κ2) is 6.45. The van der Waals surface area contributed by atoms with Crippen LogP contribution in [0.3, 0.4) is 0 Å². The summed E-state index contributed by atoms with van der Waals surface area (Å²) in [5, 5.41) is 2.73. The molecule has 2 aromatic carbocycles. The Morgan fingerprint density at radius 2 is 1.88 bits per heavy atom. The highest BCUT2D eigenvalue weighted by Gasteiger charge is 2.26. The normalized spacial score (nSPS) is 13.2. The van der Waals surface area contributed by atoms with Crippen LogP contribution in [-0.2, 0) is 14.8 Å². The molecule has 0 fully saturated rings. The SMILES string of the molecule is COc1ccc(F)cc1S(=O)(=O)Nc1ccc2c(c1)C(=C(C)C)C(=O)N2. The molecular formula is C18H17FN2O4S. The Balaban J connectivity index is 2.02. The van der Waals surface area contributed by atoms with Crippen molar-refractivity contribution in [3.05, 3.63) is 53.4 Å². The number of allylic oxidation sites excluding steroid dienone is 1. The summed E-state index contributed by atoms with van der Waals surface area (Å²) in [6, 6.07) is 7.96. The van der Waals surface area contributed by atoms with E-state index in [1.165, 1.54) is 19.2 Å². The fraction of sp³-hybridized carbons (Fsp3) is 0.167. The van der Waals surface area contributed by atoms with Crippen LogP contribution in [0.1, 0.15) is 19.4 Å². The standard InChI is InChI=1S/C18H17FN2O4S/c1-10(2)17-13-9-12(5-6-14(13)20-18(17)22)21-26(23,24)16-8-11(19)4-7-15(16)25-3/h4-9,21H,1-3H3,(H,20,22). The molecule has 1 amide bonds. The summed E-state index contributed by atoms with van der Waals surface area (Å²) in [7, 11) is -2.78. The van der Waals surface area contributed by atoms with Crippen molar-refractivity contribution in [1.82, 2.24) is 0 Å². The van der Waals surface area contributed by atoms with Gasteiger partial charge < -0.3 is 10.1 Å². The van der Waals surface area contributed by atoms with Crippen LogP contribution in [-0.4, -0.2) is 21.4 Å². The van der Waals surface area contributed by atoms with E-state index in [9.17, 15) is 17.6 Å². The highest BCUT2D eigenvalue weighted by Crippen LogP contribution is 2.36. The van der Waals surface area contributed by atoms with Gasteiger partial charge in [0.2, 0.25) is 0 Å². The molecule has 0 saturated heterocycles. The smallest absolute Gasteiger partial charge is 0.265 e. The Bertz CT molecular complexity index is 1040. The number of benzene rings is 2. The van der Waals surface area contributed by atoms with E-state index in [-0.39, 0.29) is 22.2 Å². The summed E-state index contributed by atoms with van der Waals surface area (Å²) >= 11 is 0. The first-order valence-corrected chi connectivity index (χ1v) is 9.21. The maximum atomic E-state index is 13.5. The number of anilines is 2. The third-order valence-electron chi connectivity index (χ3n) is 3.93. The quantitative estimate of drug-likeness (QED) is 0.801. The lowest BCUT2D eigenvalue weighted by Crippen LogP contribution is -2.14. The zero-order chi connectivity index (χ0) is 19.1. The van der Waals surface area contributed by atoms with Crippen molar-refractivity contribution in [1.29, 1.82) is 0 Å². The van der Waals surface area contributed by atoms with Crippen LogP contribution in [0.2, 0.25) is 0 Å². The van der Waals surface area contributed by atoms with Gasteiger partial charge in [-0.25, -0.2) is 12.8 Å². The van der Waals surface area contributed by atoms with Gasteiger partial charge in [-0.2, -0.15) is 0 Å². The summed E-state index contributed by atoms with van der Waals surface area (Å²) in [5.41, 5.74) is 2.79. The third-order valence-corrected chi connectivity index (χ3v) is 5.33. The van der Waals surface area contributed by atoms with Crippen molar-refractivity contribution in [2.24, 2.45) is 0 Å². The molecule has 0 unspecified atom stereocenters. The Morgan fingerprint density at radius 1 is 1.15 bits per heavy atom. The molecule has 2 N–H and O–H groups in total. The van der Waals surface area contributed by atoms with Crippen LogP contribution in [0.5, 0.6) is 5.75 Å². The van der Waals surface area contributed by atoms with Crippen LogP contribution in [0.4, 0.5) is 15.8 Å². The van der Waals surface area contributed by atoms with E-state index < -0.39 is 15.8 Å². The van der Waals surface area contributed by atoms with Crippen LogP contribution in [0.15, 0.2) is 46.9 Å². The fourth-order valence-corrected chi connectivity index (χ4v) is 4.03. The number of nitrogens with one attached hydrogen (secondary N) is 2. The number of sulfonamides is 1. The highest BCUT2D eigenvalue weighted by atomic mass is 32.2. The zero-order valence-corrected chi connectivity index (χ0v) is 15.2. The van der Waals surface area contributed by atoms with Crippen molar-refractivity contribution in [3.8, 4) is 5.75 Å². The minimum atomic E-state index is -4.08. The number of fused-ring (bicyclic) bond motifs is 1. The van der Waals surface area contributed by atoms with Crippen molar-refractivity contribution in [3.63, 3.8) is 0 Å². The molecule has 0 aliphatic carbocycles. The molecule has 8 heteroatoms. The summed E-state index contributed by atoms with van der Waals surface area (Å²) in [6.07, 6.45) is 0. The summed E-state index contributed by atoms with van der Waals surface area (Å²) < 4.78 is 46.3. The number of ether oxygens (including phenoxy) is 1. The van der Waals surface area contributed by atoms with Crippen molar-refractivity contribution in [2.75, 3.05) is 17.1 Å². The van der Waals surface area contributed by atoms with Gasteiger partial charge in [0.05, 0.1) is 7.11 Å². The van der Waals surface area contributed by atoms with Gasteiger partial charge in [0.1, 0.15) is 16.5 Å². The number of carbonyl (C=O) groups is 1. The molecule has 1 aliphatic rings. The molecule has 136 valence electrons. The monoisotopic (exact) mass is 376 g/mol. The average Bonchev–Trinajstić information content (AvgIpc) is 2.89. The first-order chi connectivity index (χ1) is 12.2. The molecule has 6 nitrogen and oxygen atoms in total. The first-order valence-electron chi connectivity index (χ1n) is 7.72. The number of carbonyl (C=O) groups excluding carboxylic acids is 1. The van der Waals surface area contributed by atoms with Crippen molar-refractivity contribution >= 4 is 32.9 Å². The lowest BCUT2D eigenvalue weighted by Gasteiger charge is -2.12. The molecule has 0 saturated carbocycles.